The minimum atomic E-state index is -2.98. The molecule has 38 valence electrons. The average molecular weight is 116 g/mol. The topological polar surface area (TPSA) is 34.1 Å². The molecular formula is C4H4O2S. The van der Waals surface area contributed by atoms with Crippen molar-refractivity contribution in [2.24, 2.45) is 0 Å². The molecule has 1 rings (SSSR count). The highest BCUT2D eigenvalue weighted by atomic mass is 32.2. The van der Waals surface area contributed by atoms with E-state index < -0.39 is 9.84 Å². The normalized spacial score (nSPS) is 25.7. The van der Waals surface area contributed by atoms with Gasteiger partial charge in [-0.05, 0) is 6.42 Å². The summed E-state index contributed by atoms with van der Waals surface area (Å²) < 4.78 is 20.5. The van der Waals surface area contributed by atoms with E-state index in [0.717, 1.165) is 5.41 Å². The summed E-state index contributed by atoms with van der Waals surface area (Å²) in [5, 5.41) is 1.16. The van der Waals surface area contributed by atoms with E-state index in [1.54, 1.807) is 6.08 Å². The molecule has 2 radical (unpaired) electrons. The zero-order valence-corrected chi connectivity index (χ0v) is 4.40. The van der Waals surface area contributed by atoms with Crippen molar-refractivity contribution in [1.82, 2.24) is 0 Å². The first kappa shape index (κ1) is 4.84. The molecule has 1 aliphatic rings. The van der Waals surface area contributed by atoms with Crippen LogP contribution in [0.3, 0.4) is 0 Å². The van der Waals surface area contributed by atoms with E-state index in [0.29, 0.717) is 6.42 Å². The third-order valence-corrected chi connectivity index (χ3v) is 1.80. The van der Waals surface area contributed by atoms with Crippen LogP contribution < -0.4 is 0 Å². The van der Waals surface area contributed by atoms with Crippen LogP contribution in [0.1, 0.15) is 6.42 Å². The molecule has 0 unspecified atom stereocenters. The van der Waals surface area contributed by atoms with Crippen molar-refractivity contribution in [3.63, 3.8) is 0 Å². The molecule has 7 heavy (non-hydrogen) atoms. The smallest absolute Gasteiger partial charge is 0.180 e. The maximum atomic E-state index is 10.2. The van der Waals surface area contributed by atoms with Gasteiger partial charge in [0.1, 0.15) is 5.75 Å². The Kier molecular flexibility index (Phi) is 0.922. The number of hydrogen-bond acceptors (Lipinski definition) is 2. The van der Waals surface area contributed by atoms with Crippen LogP contribution >= 0.6 is 0 Å². The quantitative estimate of drug-likeness (QED) is 0.458. The molecule has 0 atom stereocenters. The molecule has 0 saturated heterocycles. The predicted octanol–water partition coefficient (Wildman–Crippen LogP) is 0.357. The van der Waals surface area contributed by atoms with Gasteiger partial charge in [0.05, 0.1) is 0 Å². The van der Waals surface area contributed by atoms with Crippen molar-refractivity contribution in [1.29, 1.82) is 0 Å². The Labute approximate surface area is 42.8 Å². The minimum Gasteiger partial charge on any atom is -0.224 e. The number of sulfone groups is 1. The van der Waals surface area contributed by atoms with E-state index in [2.05, 4.69) is 5.75 Å². The Morgan fingerprint density at radius 2 is 2.29 bits per heavy atom. The highest BCUT2D eigenvalue weighted by Gasteiger charge is 2.10. The molecule has 0 aromatic carbocycles. The first-order valence-electron chi connectivity index (χ1n) is 1.87. The summed E-state index contributed by atoms with van der Waals surface area (Å²) in [4.78, 5) is 0. The van der Waals surface area contributed by atoms with E-state index in [4.69, 9.17) is 0 Å². The summed E-state index contributed by atoms with van der Waals surface area (Å²) in [6, 6.07) is 0. The third-order valence-electron chi connectivity index (χ3n) is 0.678. The molecule has 0 saturated carbocycles. The molecule has 1 aliphatic heterocycles. The Hall–Kier alpha value is -0.310. The summed E-state index contributed by atoms with van der Waals surface area (Å²) in [6.07, 6.45) is 2.01. The van der Waals surface area contributed by atoms with E-state index in [9.17, 15) is 8.42 Å². The van der Waals surface area contributed by atoms with Crippen LogP contribution in [0.25, 0.3) is 0 Å². The first-order chi connectivity index (χ1) is 3.21. The Bertz CT molecular complexity index is 176. The lowest BCUT2D eigenvalue weighted by atomic mass is 10.5. The summed E-state index contributed by atoms with van der Waals surface area (Å²) in [5.41, 5.74) is 0. The molecule has 0 fully saturated rings. The van der Waals surface area contributed by atoms with Crippen molar-refractivity contribution >= 4 is 9.84 Å². The van der Waals surface area contributed by atoms with Crippen LogP contribution in [-0.2, 0) is 9.84 Å². The lowest BCUT2D eigenvalue weighted by Gasteiger charge is -1.77. The highest BCUT2D eigenvalue weighted by Crippen LogP contribution is 2.10. The maximum Gasteiger partial charge on any atom is 0.180 e. The summed E-state index contributed by atoms with van der Waals surface area (Å²) in [6.45, 7) is 0. The SMILES string of the molecule is O=S1(=O)[C]CC=C1. The van der Waals surface area contributed by atoms with Crippen LogP contribution in [-0.4, -0.2) is 8.42 Å². The van der Waals surface area contributed by atoms with Gasteiger partial charge in [0.25, 0.3) is 0 Å². The fourth-order valence-electron chi connectivity index (χ4n) is 0.387. The van der Waals surface area contributed by atoms with E-state index in [-0.39, 0.29) is 0 Å². The molecule has 0 aromatic heterocycles. The van der Waals surface area contributed by atoms with Gasteiger partial charge in [-0.3, -0.25) is 0 Å². The lowest BCUT2D eigenvalue weighted by molar-refractivity contribution is 0.610. The molecule has 1 heterocycles. The zero-order valence-electron chi connectivity index (χ0n) is 3.59. The second-order valence-corrected chi connectivity index (χ2v) is 2.92. The van der Waals surface area contributed by atoms with Gasteiger partial charge in [0.2, 0.25) is 0 Å². The molecule has 3 heteroatoms. The Morgan fingerprint density at radius 3 is 2.43 bits per heavy atom. The molecule has 0 N–H and O–H groups in total. The standard InChI is InChI=1S/C4H4O2S/c5-7(6)3-1-2-4-7/h1,3H,2H2. The van der Waals surface area contributed by atoms with Crippen LogP contribution in [0.5, 0.6) is 0 Å². The van der Waals surface area contributed by atoms with Crippen molar-refractivity contribution < 1.29 is 8.42 Å². The van der Waals surface area contributed by atoms with Crippen molar-refractivity contribution in [2.45, 2.75) is 6.42 Å². The second kappa shape index (κ2) is 1.33. The summed E-state index contributed by atoms with van der Waals surface area (Å²) >= 11 is 0. The lowest BCUT2D eigenvalue weighted by Crippen LogP contribution is -1.85. The minimum absolute atomic E-state index is 0.447. The van der Waals surface area contributed by atoms with E-state index in [1.165, 1.54) is 0 Å². The monoisotopic (exact) mass is 116 g/mol. The van der Waals surface area contributed by atoms with Gasteiger partial charge >= 0.3 is 0 Å². The summed E-state index contributed by atoms with van der Waals surface area (Å²) in [7, 11) is -2.98. The fraction of sp³-hybridized carbons (Fsp3) is 0.250. The third kappa shape index (κ3) is 1.03. The van der Waals surface area contributed by atoms with Gasteiger partial charge in [-0.1, -0.05) is 6.08 Å². The molecule has 2 nitrogen and oxygen atoms in total. The molecule has 0 spiro atoms. The highest BCUT2D eigenvalue weighted by molar-refractivity contribution is 7.96. The van der Waals surface area contributed by atoms with E-state index >= 15 is 0 Å². The van der Waals surface area contributed by atoms with E-state index in [1.807, 2.05) is 0 Å². The van der Waals surface area contributed by atoms with Crippen LogP contribution in [0.15, 0.2) is 11.5 Å². The molecular weight excluding hydrogens is 112 g/mol. The molecule has 0 aliphatic carbocycles. The molecule has 0 amide bonds. The molecule has 0 bridgehead atoms. The predicted molar refractivity (Wildman–Crippen MR) is 25.9 cm³/mol. The number of allylic oxidation sites excluding steroid dienone is 1. The van der Waals surface area contributed by atoms with Gasteiger partial charge in [0.15, 0.2) is 9.84 Å². The van der Waals surface area contributed by atoms with Gasteiger partial charge in [-0.15, -0.1) is 0 Å². The number of rotatable bonds is 0. The fourth-order valence-corrected chi connectivity index (χ4v) is 1.16. The Morgan fingerprint density at radius 1 is 1.57 bits per heavy atom. The van der Waals surface area contributed by atoms with Crippen molar-refractivity contribution in [3.05, 3.63) is 17.2 Å². The number of hydrogen-bond donors (Lipinski definition) is 0. The maximum absolute atomic E-state index is 10.2. The van der Waals surface area contributed by atoms with Gasteiger partial charge in [-0.25, -0.2) is 8.42 Å². The van der Waals surface area contributed by atoms with Gasteiger partial charge < -0.3 is 0 Å². The Balaban J connectivity index is 2.99. The van der Waals surface area contributed by atoms with Crippen LogP contribution in [0.2, 0.25) is 0 Å². The van der Waals surface area contributed by atoms with Gasteiger partial charge in [-0.2, -0.15) is 0 Å². The van der Waals surface area contributed by atoms with Crippen LogP contribution in [0, 0.1) is 5.75 Å². The second-order valence-electron chi connectivity index (χ2n) is 1.27. The first-order valence-corrected chi connectivity index (χ1v) is 3.41. The summed E-state index contributed by atoms with van der Waals surface area (Å²) in [5.74, 6) is 2.26. The largest absolute Gasteiger partial charge is 0.224 e. The van der Waals surface area contributed by atoms with Gasteiger partial charge in [0, 0.05) is 5.41 Å². The van der Waals surface area contributed by atoms with Crippen LogP contribution in [0.4, 0.5) is 0 Å². The van der Waals surface area contributed by atoms with Crippen molar-refractivity contribution in [2.75, 3.05) is 0 Å². The zero-order chi connectivity index (χ0) is 5.33. The molecule has 0 aromatic rings. The van der Waals surface area contributed by atoms with Crippen molar-refractivity contribution in [3.8, 4) is 0 Å². The average Bonchev–Trinajstić information content (AvgIpc) is 1.84.